The molecule has 7 rings (SSSR count). The highest BCUT2D eigenvalue weighted by Crippen LogP contribution is 2.38. The number of carbonyl (C=O) groups is 8. The second-order valence-corrected chi connectivity index (χ2v) is 26.8. The van der Waals surface area contributed by atoms with Crippen molar-refractivity contribution in [3.05, 3.63) is 89.3 Å². The molecule has 3 fully saturated rings. The molecule has 0 unspecified atom stereocenters. The summed E-state index contributed by atoms with van der Waals surface area (Å²) in [5.41, 5.74) is 14.9. The first-order valence-corrected chi connectivity index (χ1v) is 33.7. The van der Waals surface area contributed by atoms with Crippen molar-refractivity contribution in [2.75, 3.05) is 51.3 Å². The molecule has 2 amide bonds. The smallest absolute Gasteiger partial charge is 0.329 e. The molecule has 27 heteroatoms. The monoisotopic (exact) mass is 1370 g/mol. The summed E-state index contributed by atoms with van der Waals surface area (Å²) >= 11 is 0. The molecule has 1 aliphatic carbocycles. The number of carboxylic acids is 2. The van der Waals surface area contributed by atoms with Crippen LogP contribution in [0.1, 0.15) is 154 Å². The highest BCUT2D eigenvalue weighted by atomic mass is 16.6. The number of nitrogen functional groups attached to an aromatic ring is 2. The quantitative estimate of drug-likeness (QED) is 0.0460. The SMILES string of the molecule is CN(Cc1cnc2nc(N)nc(N)c2n1)c1ccc(C(=O)N[C@@H](CCC(=O)O)C(=O)O)cc1.CO[C@H]1C[C@@H]2CC[C@@H](C)[C@@](O)(O2)C(=O)C(=O)N2CCCC[C@H]2C(=O)O[C@H]([C@H](C)C[C@@H]2CC[C@@H](O)[C@H](OC)C2)CC(=O)[C@H](C)/C=C(\C)[C@@H](O)[C@@H](OC)C(=O)[C@H](C)C[C@H](C)/C=C/C=CC=C1C. The van der Waals surface area contributed by atoms with E-state index >= 15 is 0 Å². The average Bonchev–Trinajstić information content (AvgIpc) is 0.786. The normalized spacial score (nSPS) is 29.9. The summed E-state index contributed by atoms with van der Waals surface area (Å²) in [5, 5.41) is 54.1. The molecule has 2 aromatic heterocycles. The second-order valence-electron chi connectivity index (χ2n) is 26.8. The zero-order chi connectivity index (χ0) is 72.3. The number of hydrogen-bond acceptors (Lipinski definition) is 23. The van der Waals surface area contributed by atoms with Gasteiger partial charge in [-0.15, -0.1) is 0 Å². The molecular weight excluding hydrogens is 1270 g/mol. The van der Waals surface area contributed by atoms with Crippen molar-refractivity contribution in [3.63, 3.8) is 0 Å². The number of nitrogens with one attached hydrogen (secondary N) is 1. The summed E-state index contributed by atoms with van der Waals surface area (Å²) in [7, 11) is 6.34. The number of esters is 1. The van der Waals surface area contributed by atoms with E-state index in [4.69, 9.17) is 40.3 Å². The van der Waals surface area contributed by atoms with Gasteiger partial charge in [-0.05, 0) is 138 Å². The van der Waals surface area contributed by atoms with Crippen LogP contribution in [0.15, 0.2) is 78.1 Å². The Labute approximate surface area is 572 Å². The minimum absolute atomic E-state index is 0.0138. The zero-order valence-electron chi connectivity index (χ0n) is 58.2. The van der Waals surface area contributed by atoms with Crippen molar-refractivity contribution in [1.29, 1.82) is 0 Å². The van der Waals surface area contributed by atoms with Gasteiger partial charge in [-0.3, -0.25) is 28.8 Å². The molecule has 538 valence electrons. The van der Waals surface area contributed by atoms with E-state index in [2.05, 4.69) is 25.3 Å². The van der Waals surface area contributed by atoms with Crippen molar-refractivity contribution < 1.29 is 87.6 Å². The number of aliphatic hydroxyl groups is 3. The third-order valence-corrected chi connectivity index (χ3v) is 19.2. The Bertz CT molecular complexity index is 3400. The maximum atomic E-state index is 14.4. The standard InChI is InChI=1S/C51H79NO13.C20H22N8O5/c1-30-16-12-11-13-17-31(2)42(61-8)28-38-21-19-36(7)51(60,65-38)48(57)49(58)52-23-15-14-18-39(52)50(59)64-43(33(4)26-37-20-22-40(53)44(27-37)62-9)29-41(54)32(3)25-35(6)46(56)47(63-10)45(55)34(5)24-30;1-28(9-11-8-23-17-15(24-11)16(21)26-20(22)27-17)12-4-2-10(3-5-12)18(31)25-13(19(32)33)6-7-14(29)30/h11-13,16-17,25,30,32-34,36-40,42-44,46-47,53,56,60H,14-15,18-24,26-29H2,1-10H3;2-5,8,13H,6-7,9H2,1H3,(H,25,31)(H,29,30)(H,32,33)(H4,21,22,23,26,27)/b13-11?,16-12+,31-17?,35-25+;/t30-,32-,33-,34-,36-,37+,38+,39+,40-,42+,43+,44-,46-,47+,51-;13-/m10/s1. The highest BCUT2D eigenvalue weighted by molar-refractivity contribution is 6.39. The lowest BCUT2D eigenvalue weighted by Crippen LogP contribution is -2.61. The third-order valence-electron chi connectivity index (χ3n) is 19.2. The summed E-state index contributed by atoms with van der Waals surface area (Å²) in [5.74, 6) is -10.9. The van der Waals surface area contributed by atoms with Crippen LogP contribution >= 0.6 is 0 Å². The van der Waals surface area contributed by atoms with Gasteiger partial charge in [0.2, 0.25) is 11.7 Å². The van der Waals surface area contributed by atoms with Gasteiger partial charge in [-0.2, -0.15) is 9.97 Å². The molecule has 2 saturated heterocycles. The molecule has 0 radical (unpaired) electrons. The van der Waals surface area contributed by atoms with Crippen molar-refractivity contribution in [3.8, 4) is 0 Å². The van der Waals surface area contributed by atoms with Gasteiger partial charge in [-0.25, -0.2) is 19.6 Å². The Kier molecular flexibility index (Phi) is 29.7. The minimum Gasteiger partial charge on any atom is -0.481 e. The predicted octanol–water partition coefficient (Wildman–Crippen LogP) is 6.45. The van der Waals surface area contributed by atoms with E-state index in [9.17, 15) is 58.8 Å². The van der Waals surface area contributed by atoms with Crippen LogP contribution in [0.25, 0.3) is 11.2 Å². The lowest BCUT2D eigenvalue weighted by Gasteiger charge is -2.42. The molecule has 0 spiro atoms. The molecule has 10 N–H and O–H groups in total. The lowest BCUT2D eigenvalue weighted by molar-refractivity contribution is -0.265. The number of aliphatic hydroxyl groups excluding tert-OH is 2. The Morgan fingerprint density at radius 2 is 1.57 bits per heavy atom. The van der Waals surface area contributed by atoms with Crippen LogP contribution in [0.5, 0.6) is 0 Å². The van der Waals surface area contributed by atoms with Crippen molar-refractivity contribution in [2.45, 2.75) is 206 Å². The molecule has 2 bridgehead atoms. The number of hydrogen-bond donors (Lipinski definition) is 8. The van der Waals surface area contributed by atoms with Gasteiger partial charge in [0.05, 0.1) is 42.9 Å². The van der Waals surface area contributed by atoms with E-state index in [0.29, 0.717) is 86.8 Å². The number of Topliss-reactive ketones (excluding diaryl/α,β-unsaturated/α-hetero) is 3. The number of benzene rings is 1. The molecule has 1 aromatic carbocycles. The number of carbonyl (C=O) groups excluding carboxylic acids is 6. The molecule has 1 saturated carbocycles. The van der Waals surface area contributed by atoms with Gasteiger partial charge in [0.15, 0.2) is 22.8 Å². The molecular formula is C71H101N9O18. The number of ketones is 3. The summed E-state index contributed by atoms with van der Waals surface area (Å²) in [6, 6.07) is 4.02. The van der Waals surface area contributed by atoms with E-state index in [1.54, 1.807) is 59.4 Å². The summed E-state index contributed by atoms with van der Waals surface area (Å²) < 4.78 is 29.4. The number of cyclic esters (lactones) is 1. The summed E-state index contributed by atoms with van der Waals surface area (Å²) in [6.07, 6.45) is 12.1. The fourth-order valence-corrected chi connectivity index (χ4v) is 13.1. The van der Waals surface area contributed by atoms with Crippen LogP contribution in [0.2, 0.25) is 0 Å². The number of aromatic nitrogens is 4. The molecule has 4 aliphatic rings. The van der Waals surface area contributed by atoms with Gasteiger partial charge >= 0.3 is 17.9 Å². The number of methoxy groups -OCH3 is 3. The van der Waals surface area contributed by atoms with Gasteiger partial charge in [0, 0.05) is 83.2 Å². The number of fused-ring (bicyclic) bond motifs is 4. The highest BCUT2D eigenvalue weighted by Gasteiger charge is 2.53. The van der Waals surface area contributed by atoms with Crippen LogP contribution < -0.4 is 21.7 Å². The van der Waals surface area contributed by atoms with Gasteiger partial charge in [-0.1, -0.05) is 71.1 Å². The maximum Gasteiger partial charge on any atom is 0.329 e. The molecule has 16 atom stereocenters. The lowest BCUT2D eigenvalue weighted by atomic mass is 9.78. The van der Waals surface area contributed by atoms with E-state index in [-0.39, 0.29) is 85.0 Å². The number of piperidine rings is 1. The number of ether oxygens (including phenoxy) is 5. The van der Waals surface area contributed by atoms with Crippen LogP contribution in [-0.2, 0) is 63.8 Å². The Morgan fingerprint density at radius 1 is 0.857 bits per heavy atom. The average molecular weight is 1370 g/mol. The number of nitrogens with zero attached hydrogens (tertiary/aromatic N) is 6. The predicted molar refractivity (Wildman–Crippen MR) is 363 cm³/mol. The molecule has 3 aromatic rings. The third kappa shape index (κ3) is 21.5. The van der Waals surface area contributed by atoms with Gasteiger partial charge < -0.3 is 75.8 Å². The van der Waals surface area contributed by atoms with E-state index in [0.717, 1.165) is 17.7 Å². The number of allylic oxidation sites excluding steroid dienone is 6. The second kappa shape index (κ2) is 36.8. The molecule has 5 heterocycles. The Hall–Kier alpha value is -7.92. The summed E-state index contributed by atoms with van der Waals surface area (Å²) in [4.78, 5) is 124. The van der Waals surface area contributed by atoms with Crippen molar-refractivity contribution in [2.24, 2.45) is 35.5 Å². The topological polar surface area (TPSA) is 406 Å². The molecule has 3 aliphatic heterocycles. The van der Waals surface area contributed by atoms with E-state index < -0.39 is 108 Å². The first kappa shape index (κ1) is 79.1. The Balaban J connectivity index is 0.000000382. The molecule has 27 nitrogen and oxygen atoms in total. The van der Waals surface area contributed by atoms with E-state index in [1.165, 1.54) is 24.1 Å². The van der Waals surface area contributed by atoms with E-state index in [1.807, 2.05) is 70.0 Å². The first-order chi connectivity index (χ1) is 46.4. The first-order valence-electron chi connectivity index (χ1n) is 33.7. The summed E-state index contributed by atoms with van der Waals surface area (Å²) in [6.45, 7) is 13.1. The number of amides is 2. The number of aliphatic carboxylic acids is 2. The number of nitrogens with two attached hydrogens (primary N) is 2. The zero-order valence-corrected chi connectivity index (χ0v) is 58.2. The van der Waals surface area contributed by atoms with Crippen LogP contribution in [0, 0.1) is 35.5 Å². The van der Waals surface area contributed by atoms with Crippen LogP contribution in [-0.4, -0.2) is 193 Å². The van der Waals surface area contributed by atoms with Crippen LogP contribution in [0.4, 0.5) is 17.5 Å². The van der Waals surface area contributed by atoms with Gasteiger partial charge in [0.1, 0.15) is 36.2 Å². The minimum atomic E-state index is -2.43. The van der Waals surface area contributed by atoms with Gasteiger partial charge in [0.25, 0.3) is 17.6 Å². The number of anilines is 3. The fourth-order valence-electron chi connectivity index (χ4n) is 13.1. The van der Waals surface area contributed by atoms with Crippen molar-refractivity contribution in [1.82, 2.24) is 30.2 Å². The largest absolute Gasteiger partial charge is 0.481 e. The fraction of sp³-hybridized carbons (Fsp3) is 0.606. The molecule has 98 heavy (non-hydrogen) atoms. The maximum absolute atomic E-state index is 14.4. The van der Waals surface area contributed by atoms with Crippen molar-refractivity contribution >= 4 is 75.7 Å². The van der Waals surface area contributed by atoms with Crippen LogP contribution in [0.3, 0.4) is 0 Å². The number of carboxylic acid groups (broad SMARTS) is 2. The Morgan fingerprint density at radius 3 is 2.23 bits per heavy atom. The number of rotatable bonds is 15.